The first-order chi connectivity index (χ1) is 14.9. The molecule has 0 N–H and O–H groups in total. The zero-order chi connectivity index (χ0) is 24.3. The second kappa shape index (κ2) is 10.1. The Morgan fingerprint density at radius 1 is 1.09 bits per heavy atom. The Hall–Kier alpha value is -2.99. The van der Waals surface area contributed by atoms with Crippen LogP contribution in [0.1, 0.15) is 20.8 Å². The molecular weight excluding hydrogens is 469 g/mol. The van der Waals surface area contributed by atoms with E-state index in [2.05, 4.69) is 0 Å². The van der Waals surface area contributed by atoms with E-state index in [1.165, 1.54) is 27.9 Å². The molecule has 0 aliphatic heterocycles. The van der Waals surface area contributed by atoms with Gasteiger partial charge in [0.25, 0.3) is 0 Å². The van der Waals surface area contributed by atoms with Crippen LogP contribution in [0, 0.1) is 10.6 Å². The van der Waals surface area contributed by atoms with Crippen LogP contribution in [0.4, 0.5) is 4.39 Å². The van der Waals surface area contributed by atoms with Gasteiger partial charge in [0, 0.05) is 20.2 Å². The summed E-state index contributed by atoms with van der Waals surface area (Å²) in [6.45, 7) is 4.37. The van der Waals surface area contributed by atoms with Crippen molar-refractivity contribution in [1.29, 1.82) is 0 Å². The van der Waals surface area contributed by atoms with Crippen molar-refractivity contribution in [2.75, 3.05) is 6.61 Å². The van der Waals surface area contributed by atoms with Gasteiger partial charge in [-0.2, -0.15) is 0 Å². The molecule has 2 atom stereocenters. The first kappa shape index (κ1) is 25.3. The lowest BCUT2D eigenvalue weighted by atomic mass is 10.2. The topological polar surface area (TPSA) is 111 Å². The summed E-state index contributed by atoms with van der Waals surface area (Å²) < 4.78 is 32.3. The summed E-state index contributed by atoms with van der Waals surface area (Å²) in [5.74, 6) is -2.83. The molecule has 174 valence electrons. The largest absolute Gasteiger partial charge is 0.477 e. The monoisotopic (exact) mass is 489 g/mol. The van der Waals surface area contributed by atoms with Crippen LogP contribution in [-0.4, -0.2) is 44.5 Å². The second-order valence-electron chi connectivity index (χ2n) is 6.63. The molecule has 2 rings (SSSR count). The van der Waals surface area contributed by atoms with Crippen LogP contribution in [0.2, 0.25) is 5.02 Å². The molecule has 1 aromatic heterocycles. The number of esters is 2. The molecule has 0 aliphatic rings. The molecule has 0 saturated carbocycles. The molecule has 0 saturated heterocycles. The van der Waals surface area contributed by atoms with E-state index < -0.39 is 47.0 Å². The minimum Gasteiger partial charge on any atom is -0.477 e. The van der Waals surface area contributed by atoms with Gasteiger partial charge in [0.05, 0.1) is 17.3 Å². The van der Waals surface area contributed by atoms with Crippen molar-refractivity contribution in [3.05, 3.63) is 48.7 Å². The molecule has 13 heteroatoms. The summed E-state index contributed by atoms with van der Waals surface area (Å²) in [5.41, 5.74) is -2.23. The number of hydrogen-bond acceptors (Lipinski definition) is 8. The number of nitrogens with zero attached hydrogens (tertiary/aromatic N) is 3. The van der Waals surface area contributed by atoms with Crippen molar-refractivity contribution in [3.63, 3.8) is 0 Å². The maximum absolute atomic E-state index is 14.6. The number of rotatable bonds is 7. The number of halogens is 2. The zero-order valence-corrected chi connectivity index (χ0v) is 19.5. The van der Waals surface area contributed by atoms with Crippen LogP contribution < -0.4 is 16.1 Å². The Bertz CT molecular complexity index is 1200. The van der Waals surface area contributed by atoms with Gasteiger partial charge in [-0.1, -0.05) is 11.6 Å². The summed E-state index contributed by atoms with van der Waals surface area (Å²) in [5, 5.41) is -0.224. The predicted molar refractivity (Wildman–Crippen MR) is 114 cm³/mol. The molecule has 32 heavy (non-hydrogen) atoms. The molecule has 2 unspecified atom stereocenters. The second-order valence-corrected chi connectivity index (χ2v) is 7.40. The van der Waals surface area contributed by atoms with Gasteiger partial charge in [-0.25, -0.2) is 28.1 Å². The van der Waals surface area contributed by atoms with Gasteiger partial charge in [0.15, 0.2) is 17.0 Å². The van der Waals surface area contributed by atoms with Gasteiger partial charge in [0.1, 0.15) is 11.6 Å². The summed E-state index contributed by atoms with van der Waals surface area (Å²) in [6.07, 6.45) is -2.44. The first-order valence-corrected chi connectivity index (χ1v) is 10.1. The Morgan fingerprint density at radius 2 is 1.66 bits per heavy atom. The molecule has 2 aromatic rings. The van der Waals surface area contributed by atoms with Crippen molar-refractivity contribution in [2.24, 2.45) is 14.1 Å². The fourth-order valence-corrected chi connectivity index (χ4v) is 2.92. The average Bonchev–Trinajstić information content (AvgIpc) is 2.73. The first-order valence-electron chi connectivity index (χ1n) is 9.32. The van der Waals surface area contributed by atoms with E-state index in [-0.39, 0.29) is 22.2 Å². The summed E-state index contributed by atoms with van der Waals surface area (Å²) >= 11 is 11.0. The molecule has 0 spiro atoms. The predicted octanol–water partition coefficient (Wildman–Crippen LogP) is 1.66. The fourth-order valence-electron chi connectivity index (χ4n) is 2.57. The average molecular weight is 490 g/mol. The Balaban J connectivity index is 2.42. The number of aromatic nitrogens is 3. The number of carbonyl (C=O) groups is 2. The van der Waals surface area contributed by atoms with Crippen LogP contribution in [-0.2, 0) is 33.2 Å². The number of benzene rings is 1. The van der Waals surface area contributed by atoms with E-state index in [0.717, 1.165) is 21.3 Å². The zero-order valence-electron chi connectivity index (χ0n) is 17.9. The van der Waals surface area contributed by atoms with Gasteiger partial charge < -0.3 is 14.2 Å². The molecule has 1 aromatic carbocycles. The van der Waals surface area contributed by atoms with E-state index in [1.54, 1.807) is 6.92 Å². The quantitative estimate of drug-likeness (QED) is 0.426. The van der Waals surface area contributed by atoms with Gasteiger partial charge >= 0.3 is 23.3 Å². The SMILES string of the molecule is CCOC(=O)C(C)OC(=O)C(C)Oc1cc(-n2c(=O)n(C)c(=S)n(C)c2=O)c(F)cc1Cl. The van der Waals surface area contributed by atoms with Gasteiger partial charge in [-0.3, -0.25) is 9.13 Å². The Morgan fingerprint density at radius 3 is 2.19 bits per heavy atom. The normalized spacial score (nSPS) is 12.7. The summed E-state index contributed by atoms with van der Waals surface area (Å²) in [7, 11) is 2.66. The smallest absolute Gasteiger partial charge is 0.347 e. The minimum atomic E-state index is -1.27. The minimum absolute atomic E-state index is 0.0609. The highest BCUT2D eigenvalue weighted by Gasteiger charge is 2.25. The maximum Gasteiger partial charge on any atom is 0.347 e. The van der Waals surface area contributed by atoms with E-state index in [9.17, 15) is 23.6 Å². The molecule has 0 radical (unpaired) electrons. The van der Waals surface area contributed by atoms with Gasteiger partial charge in [-0.05, 0) is 39.1 Å². The van der Waals surface area contributed by atoms with E-state index in [4.69, 9.17) is 38.0 Å². The molecule has 10 nitrogen and oxygen atoms in total. The third-order valence-corrected chi connectivity index (χ3v) is 5.16. The van der Waals surface area contributed by atoms with Crippen molar-refractivity contribution >= 4 is 35.8 Å². The highest BCUT2D eigenvalue weighted by Crippen LogP contribution is 2.30. The van der Waals surface area contributed by atoms with Crippen LogP contribution in [0.15, 0.2) is 21.7 Å². The van der Waals surface area contributed by atoms with Crippen molar-refractivity contribution in [2.45, 2.75) is 33.0 Å². The van der Waals surface area contributed by atoms with Crippen molar-refractivity contribution in [3.8, 4) is 11.4 Å². The molecular formula is C19H21ClFN3O7S. The lowest BCUT2D eigenvalue weighted by Gasteiger charge is -2.18. The fraction of sp³-hybridized carbons (Fsp3) is 0.421. The summed E-state index contributed by atoms with van der Waals surface area (Å²) in [4.78, 5) is 49.0. The van der Waals surface area contributed by atoms with Gasteiger partial charge in [-0.15, -0.1) is 0 Å². The maximum atomic E-state index is 14.6. The third kappa shape index (κ3) is 5.07. The Kier molecular flexibility index (Phi) is 7.97. The van der Waals surface area contributed by atoms with Crippen LogP contribution in [0.5, 0.6) is 5.75 Å². The number of hydrogen-bond donors (Lipinski definition) is 0. The Labute approximate surface area is 191 Å². The van der Waals surface area contributed by atoms with Crippen molar-refractivity contribution in [1.82, 2.24) is 13.7 Å². The van der Waals surface area contributed by atoms with Crippen LogP contribution in [0.3, 0.4) is 0 Å². The van der Waals surface area contributed by atoms with E-state index in [1.807, 2.05) is 0 Å². The van der Waals surface area contributed by atoms with Crippen LogP contribution >= 0.6 is 23.8 Å². The molecule has 0 aliphatic carbocycles. The molecule has 0 fully saturated rings. The van der Waals surface area contributed by atoms with Gasteiger partial charge in [0.2, 0.25) is 0 Å². The lowest BCUT2D eigenvalue weighted by Crippen LogP contribution is -2.43. The van der Waals surface area contributed by atoms with E-state index in [0.29, 0.717) is 4.57 Å². The van der Waals surface area contributed by atoms with E-state index >= 15 is 0 Å². The van der Waals surface area contributed by atoms with Crippen molar-refractivity contribution < 1.29 is 28.2 Å². The standard InChI is InChI=1S/C19H21ClFN3O7S/c1-6-29-15(25)9(2)31-16(26)10(3)30-14-8-13(12(21)7-11(14)20)24-17(27)22(4)19(32)23(5)18(24)28/h7-10H,6H2,1-5H3. The van der Waals surface area contributed by atoms with Crippen LogP contribution in [0.25, 0.3) is 5.69 Å². The molecule has 0 bridgehead atoms. The number of ether oxygens (including phenoxy) is 3. The molecule has 1 heterocycles. The molecule has 0 amide bonds. The third-order valence-electron chi connectivity index (χ3n) is 4.32. The summed E-state index contributed by atoms with van der Waals surface area (Å²) in [6, 6.07) is 1.83. The highest BCUT2D eigenvalue weighted by molar-refractivity contribution is 7.71. The highest BCUT2D eigenvalue weighted by atomic mass is 35.5. The lowest BCUT2D eigenvalue weighted by molar-refractivity contribution is -0.170. The number of carbonyl (C=O) groups excluding carboxylic acids is 2.